The van der Waals surface area contributed by atoms with Crippen molar-refractivity contribution < 1.29 is 0 Å². The number of nitrogens with zero attached hydrogens (tertiary/aromatic N) is 3. The predicted octanol–water partition coefficient (Wildman–Crippen LogP) is 2.40. The third-order valence-corrected chi connectivity index (χ3v) is 3.93. The standard InChI is InChI=1S/C14H25N5/c1-5-7-11-16-12(18-15)10(2)13(17-11)19-9-6-8-14(19,3)4/h5-9,15H2,1-4H3,(H,16,17,18). The molecule has 0 aromatic carbocycles. The molecule has 2 heterocycles. The van der Waals surface area contributed by atoms with Gasteiger partial charge in [0.2, 0.25) is 0 Å². The molecule has 5 heteroatoms. The number of aryl methyl sites for hydroxylation is 1. The Morgan fingerprint density at radius 2 is 2.11 bits per heavy atom. The summed E-state index contributed by atoms with van der Waals surface area (Å²) in [6, 6.07) is 0. The number of aromatic nitrogens is 2. The Morgan fingerprint density at radius 1 is 1.37 bits per heavy atom. The minimum absolute atomic E-state index is 0.161. The maximum absolute atomic E-state index is 5.59. The quantitative estimate of drug-likeness (QED) is 0.645. The zero-order valence-corrected chi connectivity index (χ0v) is 12.5. The zero-order chi connectivity index (χ0) is 14.0. The lowest BCUT2D eigenvalue weighted by Crippen LogP contribution is -2.39. The van der Waals surface area contributed by atoms with Crippen LogP contribution in [0.25, 0.3) is 0 Å². The molecule has 0 saturated carbocycles. The van der Waals surface area contributed by atoms with Gasteiger partial charge in [0.1, 0.15) is 17.5 Å². The Balaban J connectivity index is 2.46. The highest BCUT2D eigenvalue weighted by atomic mass is 15.3. The monoisotopic (exact) mass is 263 g/mol. The number of nitrogens with one attached hydrogen (secondary N) is 1. The van der Waals surface area contributed by atoms with Gasteiger partial charge in [0, 0.05) is 24.1 Å². The number of hydrazine groups is 1. The number of anilines is 2. The van der Waals surface area contributed by atoms with Crippen LogP contribution in [-0.4, -0.2) is 22.1 Å². The van der Waals surface area contributed by atoms with Crippen LogP contribution in [0.1, 0.15) is 51.4 Å². The maximum Gasteiger partial charge on any atom is 0.148 e. The van der Waals surface area contributed by atoms with Gasteiger partial charge in [-0.15, -0.1) is 0 Å². The summed E-state index contributed by atoms with van der Waals surface area (Å²) in [5.41, 5.74) is 3.91. The molecule has 19 heavy (non-hydrogen) atoms. The maximum atomic E-state index is 5.59. The van der Waals surface area contributed by atoms with E-state index in [4.69, 9.17) is 10.8 Å². The molecule has 3 N–H and O–H groups in total. The van der Waals surface area contributed by atoms with Crippen molar-refractivity contribution in [1.82, 2.24) is 9.97 Å². The van der Waals surface area contributed by atoms with Crippen molar-refractivity contribution in [2.75, 3.05) is 16.9 Å². The fourth-order valence-corrected chi connectivity index (χ4v) is 2.79. The molecule has 0 aliphatic carbocycles. The largest absolute Gasteiger partial charge is 0.351 e. The van der Waals surface area contributed by atoms with E-state index in [1.54, 1.807) is 0 Å². The summed E-state index contributed by atoms with van der Waals surface area (Å²) >= 11 is 0. The number of nitrogen functional groups attached to an aromatic ring is 1. The zero-order valence-electron chi connectivity index (χ0n) is 12.5. The first-order chi connectivity index (χ1) is 8.99. The molecule has 1 aliphatic rings. The molecule has 1 aliphatic heterocycles. The van der Waals surface area contributed by atoms with Crippen LogP contribution in [0.2, 0.25) is 0 Å². The number of hydrogen-bond donors (Lipinski definition) is 2. The second kappa shape index (κ2) is 5.33. The van der Waals surface area contributed by atoms with Crippen molar-refractivity contribution in [3.8, 4) is 0 Å². The smallest absolute Gasteiger partial charge is 0.148 e. The van der Waals surface area contributed by atoms with E-state index in [2.05, 4.69) is 36.1 Å². The molecule has 0 radical (unpaired) electrons. The van der Waals surface area contributed by atoms with Gasteiger partial charge in [-0.05, 0) is 40.0 Å². The third kappa shape index (κ3) is 2.66. The van der Waals surface area contributed by atoms with Crippen LogP contribution >= 0.6 is 0 Å². The summed E-state index contributed by atoms with van der Waals surface area (Å²) in [6.07, 6.45) is 4.34. The average molecular weight is 263 g/mol. The number of hydrogen-bond acceptors (Lipinski definition) is 5. The molecule has 1 aromatic heterocycles. The predicted molar refractivity (Wildman–Crippen MR) is 79.2 cm³/mol. The summed E-state index contributed by atoms with van der Waals surface area (Å²) in [6.45, 7) is 9.78. The Bertz CT molecular complexity index is 455. The Kier molecular flexibility index (Phi) is 3.94. The highest BCUT2D eigenvalue weighted by Gasteiger charge is 2.34. The summed E-state index contributed by atoms with van der Waals surface area (Å²) in [5.74, 6) is 8.25. The van der Waals surface area contributed by atoms with Gasteiger partial charge in [0.25, 0.3) is 0 Å². The van der Waals surface area contributed by atoms with Gasteiger partial charge in [0.05, 0.1) is 0 Å². The lowest BCUT2D eigenvalue weighted by molar-refractivity contribution is 0.512. The highest BCUT2D eigenvalue weighted by Crippen LogP contribution is 2.35. The van der Waals surface area contributed by atoms with Crippen molar-refractivity contribution in [2.45, 2.75) is 58.9 Å². The molecular weight excluding hydrogens is 238 g/mol. The van der Waals surface area contributed by atoms with E-state index in [0.29, 0.717) is 0 Å². The van der Waals surface area contributed by atoms with E-state index >= 15 is 0 Å². The average Bonchev–Trinajstić information content (AvgIpc) is 2.71. The van der Waals surface area contributed by atoms with Gasteiger partial charge in [-0.3, -0.25) is 0 Å². The molecule has 0 amide bonds. The van der Waals surface area contributed by atoms with Crippen LogP contribution in [-0.2, 0) is 6.42 Å². The molecule has 0 atom stereocenters. The lowest BCUT2D eigenvalue weighted by Gasteiger charge is -2.34. The number of nitrogens with two attached hydrogens (primary N) is 1. The second-order valence-electron chi connectivity index (χ2n) is 5.90. The Labute approximate surface area is 115 Å². The summed E-state index contributed by atoms with van der Waals surface area (Å²) in [4.78, 5) is 11.6. The molecule has 0 unspecified atom stereocenters. The molecule has 1 saturated heterocycles. The highest BCUT2D eigenvalue weighted by molar-refractivity contribution is 5.59. The first-order valence-corrected chi connectivity index (χ1v) is 7.11. The third-order valence-electron chi connectivity index (χ3n) is 3.93. The van der Waals surface area contributed by atoms with Crippen molar-refractivity contribution in [1.29, 1.82) is 0 Å². The van der Waals surface area contributed by atoms with Gasteiger partial charge in [-0.1, -0.05) is 6.92 Å². The SMILES string of the molecule is CCCc1nc(NN)c(C)c(N2CCCC2(C)C)n1. The van der Waals surface area contributed by atoms with Crippen molar-refractivity contribution in [3.63, 3.8) is 0 Å². The van der Waals surface area contributed by atoms with E-state index in [1.165, 1.54) is 12.8 Å². The van der Waals surface area contributed by atoms with E-state index < -0.39 is 0 Å². The summed E-state index contributed by atoms with van der Waals surface area (Å²) in [7, 11) is 0. The van der Waals surface area contributed by atoms with Gasteiger partial charge in [-0.2, -0.15) is 0 Å². The van der Waals surface area contributed by atoms with Gasteiger partial charge in [0.15, 0.2) is 0 Å². The van der Waals surface area contributed by atoms with Crippen molar-refractivity contribution >= 4 is 11.6 Å². The van der Waals surface area contributed by atoms with E-state index in [-0.39, 0.29) is 5.54 Å². The van der Waals surface area contributed by atoms with Crippen LogP contribution in [0.3, 0.4) is 0 Å². The Morgan fingerprint density at radius 3 is 2.63 bits per heavy atom. The molecule has 0 spiro atoms. The number of rotatable bonds is 4. The minimum Gasteiger partial charge on any atom is -0.351 e. The topological polar surface area (TPSA) is 67.1 Å². The fraction of sp³-hybridized carbons (Fsp3) is 0.714. The molecule has 0 bridgehead atoms. The molecule has 1 aromatic rings. The van der Waals surface area contributed by atoms with Crippen LogP contribution in [0.15, 0.2) is 0 Å². The molecule has 5 nitrogen and oxygen atoms in total. The molecular formula is C14H25N5. The second-order valence-corrected chi connectivity index (χ2v) is 5.90. The normalized spacial score (nSPS) is 17.8. The summed E-state index contributed by atoms with van der Waals surface area (Å²) in [5, 5.41) is 0. The van der Waals surface area contributed by atoms with Crippen molar-refractivity contribution in [3.05, 3.63) is 11.4 Å². The minimum atomic E-state index is 0.161. The Hall–Kier alpha value is -1.36. The first-order valence-electron chi connectivity index (χ1n) is 7.11. The van der Waals surface area contributed by atoms with Crippen LogP contribution in [0.5, 0.6) is 0 Å². The van der Waals surface area contributed by atoms with Gasteiger partial charge < -0.3 is 10.3 Å². The van der Waals surface area contributed by atoms with E-state index in [9.17, 15) is 0 Å². The van der Waals surface area contributed by atoms with E-state index in [0.717, 1.165) is 42.4 Å². The van der Waals surface area contributed by atoms with Crippen molar-refractivity contribution in [2.24, 2.45) is 5.84 Å². The fourth-order valence-electron chi connectivity index (χ4n) is 2.79. The summed E-state index contributed by atoms with van der Waals surface area (Å²) < 4.78 is 0. The van der Waals surface area contributed by atoms with Gasteiger partial charge in [-0.25, -0.2) is 15.8 Å². The first kappa shape index (κ1) is 14.1. The van der Waals surface area contributed by atoms with E-state index in [1.807, 2.05) is 6.92 Å². The van der Waals surface area contributed by atoms with Crippen LogP contribution in [0, 0.1) is 6.92 Å². The van der Waals surface area contributed by atoms with Gasteiger partial charge >= 0.3 is 0 Å². The molecule has 106 valence electrons. The molecule has 2 rings (SSSR count). The molecule has 1 fully saturated rings. The van der Waals surface area contributed by atoms with Crippen LogP contribution < -0.4 is 16.2 Å². The lowest BCUT2D eigenvalue weighted by atomic mass is 10.0. The van der Waals surface area contributed by atoms with Crippen LogP contribution in [0.4, 0.5) is 11.6 Å².